The zero-order valence-corrected chi connectivity index (χ0v) is 16.7. The molecule has 134 valence electrons. The molecule has 2 rings (SSSR count). The van der Waals surface area contributed by atoms with Gasteiger partial charge in [-0.2, -0.15) is 0 Å². The van der Waals surface area contributed by atoms with Crippen molar-refractivity contribution in [1.82, 2.24) is 15.1 Å². The van der Waals surface area contributed by atoms with Crippen LogP contribution in [0, 0.1) is 5.92 Å². The van der Waals surface area contributed by atoms with Crippen LogP contribution in [-0.2, 0) is 0 Å². The van der Waals surface area contributed by atoms with Crippen molar-refractivity contribution in [3.8, 4) is 0 Å². The fourth-order valence-corrected chi connectivity index (χ4v) is 3.54. The van der Waals surface area contributed by atoms with Crippen molar-refractivity contribution >= 4 is 0 Å². The molecule has 0 radical (unpaired) electrons. The fraction of sp³-hybridized carbons (Fsp3) is 1.00. The summed E-state index contributed by atoms with van der Waals surface area (Å²) in [7, 11) is 0. The Balaban J connectivity index is 0.00000102. The Labute approximate surface area is 140 Å². The first-order valence-corrected chi connectivity index (χ1v) is 9.78. The van der Waals surface area contributed by atoms with E-state index in [-0.39, 0.29) is 0 Å². The number of hydrogen-bond donors (Lipinski definition) is 1. The summed E-state index contributed by atoms with van der Waals surface area (Å²) < 4.78 is 0. The molecule has 2 unspecified atom stereocenters. The molecule has 2 aliphatic heterocycles. The zero-order valence-electron chi connectivity index (χ0n) is 16.7. The van der Waals surface area contributed by atoms with Crippen LogP contribution in [-0.4, -0.2) is 60.6 Å². The number of rotatable bonds is 3. The summed E-state index contributed by atoms with van der Waals surface area (Å²) >= 11 is 0. The summed E-state index contributed by atoms with van der Waals surface area (Å²) in [5.74, 6) is 0.918. The fourth-order valence-electron chi connectivity index (χ4n) is 3.54. The smallest absolute Gasteiger partial charge is 0.0198 e. The number of piperidine rings is 1. The molecule has 22 heavy (non-hydrogen) atoms. The minimum Gasteiger partial charge on any atom is -0.317 e. The van der Waals surface area contributed by atoms with Crippen molar-refractivity contribution in [1.29, 1.82) is 0 Å². The molecule has 2 aliphatic rings. The summed E-state index contributed by atoms with van der Waals surface area (Å²) in [4.78, 5) is 5.39. The van der Waals surface area contributed by atoms with E-state index < -0.39 is 0 Å². The van der Waals surface area contributed by atoms with Crippen LogP contribution < -0.4 is 5.32 Å². The van der Waals surface area contributed by atoms with Gasteiger partial charge in [0.1, 0.15) is 0 Å². The molecule has 0 aromatic heterocycles. The van der Waals surface area contributed by atoms with E-state index in [1.165, 1.54) is 45.6 Å². The van der Waals surface area contributed by atoms with Gasteiger partial charge in [-0.3, -0.25) is 9.80 Å². The van der Waals surface area contributed by atoms with Gasteiger partial charge in [0, 0.05) is 37.8 Å². The standard InChI is InChI=1S/C15H31N3.2C2H6/c1-12(2)17-9-13(3)18(14(4)10-17)11-15-5-7-16-8-6-15;2*1-2/h12-16H,5-11H2,1-4H3;2*1-2H3. The van der Waals surface area contributed by atoms with Crippen LogP contribution >= 0.6 is 0 Å². The molecule has 0 spiro atoms. The Morgan fingerprint density at radius 1 is 0.909 bits per heavy atom. The predicted molar refractivity (Wildman–Crippen MR) is 101 cm³/mol. The molecule has 2 atom stereocenters. The van der Waals surface area contributed by atoms with Crippen molar-refractivity contribution in [3.63, 3.8) is 0 Å². The lowest BCUT2D eigenvalue weighted by Crippen LogP contribution is -2.59. The first-order chi connectivity index (χ1) is 10.6. The van der Waals surface area contributed by atoms with Gasteiger partial charge in [0.25, 0.3) is 0 Å². The van der Waals surface area contributed by atoms with Gasteiger partial charge in [-0.05, 0) is 59.5 Å². The second-order valence-corrected chi connectivity index (χ2v) is 6.64. The largest absolute Gasteiger partial charge is 0.317 e. The summed E-state index contributed by atoms with van der Waals surface area (Å²) in [6.45, 7) is 23.7. The highest BCUT2D eigenvalue weighted by Crippen LogP contribution is 2.22. The molecular weight excluding hydrogens is 270 g/mol. The summed E-state index contributed by atoms with van der Waals surface area (Å²) in [5, 5.41) is 3.47. The third-order valence-electron chi connectivity index (χ3n) is 4.79. The highest BCUT2D eigenvalue weighted by atomic mass is 15.3. The molecule has 0 aliphatic carbocycles. The van der Waals surface area contributed by atoms with E-state index in [4.69, 9.17) is 0 Å². The lowest BCUT2D eigenvalue weighted by atomic mass is 9.95. The molecule has 2 saturated heterocycles. The first kappa shape index (κ1) is 21.9. The Morgan fingerprint density at radius 2 is 1.36 bits per heavy atom. The lowest BCUT2D eigenvalue weighted by Gasteiger charge is -2.47. The Kier molecular flexibility index (Phi) is 12.3. The maximum atomic E-state index is 3.47. The van der Waals surface area contributed by atoms with Crippen LogP contribution in [0.25, 0.3) is 0 Å². The van der Waals surface area contributed by atoms with Crippen LogP contribution in [0.15, 0.2) is 0 Å². The maximum absolute atomic E-state index is 3.47. The predicted octanol–water partition coefficient (Wildman–Crippen LogP) is 3.84. The lowest BCUT2D eigenvalue weighted by molar-refractivity contribution is 0.0109. The number of hydrogen-bond acceptors (Lipinski definition) is 3. The van der Waals surface area contributed by atoms with E-state index in [0.29, 0.717) is 18.1 Å². The third kappa shape index (κ3) is 6.97. The molecule has 0 aromatic rings. The highest BCUT2D eigenvalue weighted by molar-refractivity contribution is 4.88. The van der Waals surface area contributed by atoms with Crippen molar-refractivity contribution in [3.05, 3.63) is 0 Å². The molecule has 0 saturated carbocycles. The van der Waals surface area contributed by atoms with Crippen LogP contribution in [0.5, 0.6) is 0 Å². The minimum absolute atomic E-state index is 0.691. The molecule has 0 aromatic carbocycles. The van der Waals surface area contributed by atoms with Gasteiger partial charge in [0.05, 0.1) is 0 Å². The molecule has 2 heterocycles. The van der Waals surface area contributed by atoms with Crippen molar-refractivity contribution in [2.24, 2.45) is 5.92 Å². The maximum Gasteiger partial charge on any atom is 0.0198 e. The van der Waals surface area contributed by atoms with Crippen LogP contribution in [0.3, 0.4) is 0 Å². The van der Waals surface area contributed by atoms with Gasteiger partial charge < -0.3 is 5.32 Å². The van der Waals surface area contributed by atoms with Gasteiger partial charge in [-0.25, -0.2) is 0 Å². The molecule has 0 amide bonds. The van der Waals surface area contributed by atoms with Crippen LogP contribution in [0.1, 0.15) is 68.2 Å². The quantitative estimate of drug-likeness (QED) is 0.854. The van der Waals surface area contributed by atoms with E-state index in [9.17, 15) is 0 Å². The average Bonchev–Trinajstić information content (AvgIpc) is 2.55. The monoisotopic (exact) mass is 313 g/mol. The summed E-state index contributed by atoms with van der Waals surface area (Å²) in [5.41, 5.74) is 0. The Bertz CT molecular complexity index is 237. The van der Waals surface area contributed by atoms with E-state index in [0.717, 1.165) is 5.92 Å². The first-order valence-electron chi connectivity index (χ1n) is 9.78. The third-order valence-corrected chi connectivity index (χ3v) is 4.79. The Morgan fingerprint density at radius 3 is 1.77 bits per heavy atom. The van der Waals surface area contributed by atoms with E-state index in [1.807, 2.05) is 27.7 Å². The van der Waals surface area contributed by atoms with Crippen molar-refractivity contribution in [2.75, 3.05) is 32.7 Å². The van der Waals surface area contributed by atoms with Crippen molar-refractivity contribution in [2.45, 2.75) is 86.4 Å². The van der Waals surface area contributed by atoms with Crippen molar-refractivity contribution < 1.29 is 0 Å². The SMILES string of the molecule is CC.CC.CC(C)N1CC(C)N(CC2CCNCC2)C(C)C1. The van der Waals surface area contributed by atoms with Crippen LogP contribution in [0.2, 0.25) is 0 Å². The molecule has 3 nitrogen and oxygen atoms in total. The molecule has 1 N–H and O–H groups in total. The van der Waals surface area contributed by atoms with Gasteiger partial charge >= 0.3 is 0 Å². The van der Waals surface area contributed by atoms with Gasteiger partial charge in [-0.15, -0.1) is 0 Å². The molecular formula is C19H43N3. The van der Waals surface area contributed by atoms with E-state index in [2.05, 4.69) is 42.8 Å². The van der Waals surface area contributed by atoms with E-state index in [1.54, 1.807) is 0 Å². The van der Waals surface area contributed by atoms with E-state index >= 15 is 0 Å². The van der Waals surface area contributed by atoms with Crippen LogP contribution in [0.4, 0.5) is 0 Å². The highest BCUT2D eigenvalue weighted by Gasteiger charge is 2.31. The normalized spacial score (nSPS) is 27.7. The summed E-state index contributed by atoms with van der Waals surface area (Å²) in [6.07, 6.45) is 2.73. The second kappa shape index (κ2) is 12.3. The number of nitrogens with one attached hydrogen (secondary N) is 1. The summed E-state index contributed by atoms with van der Waals surface area (Å²) in [6, 6.07) is 2.12. The van der Waals surface area contributed by atoms with Gasteiger partial charge in [-0.1, -0.05) is 27.7 Å². The van der Waals surface area contributed by atoms with Gasteiger partial charge in [0.15, 0.2) is 0 Å². The zero-order chi connectivity index (χ0) is 17.1. The molecule has 2 fully saturated rings. The average molecular weight is 314 g/mol. The Hall–Kier alpha value is -0.120. The van der Waals surface area contributed by atoms with Gasteiger partial charge in [0.2, 0.25) is 0 Å². The number of piperazine rings is 1. The molecule has 0 bridgehead atoms. The topological polar surface area (TPSA) is 18.5 Å². The second-order valence-electron chi connectivity index (χ2n) is 6.64. The number of nitrogens with zero attached hydrogens (tertiary/aromatic N) is 2. The minimum atomic E-state index is 0.691. The molecule has 3 heteroatoms.